The van der Waals surface area contributed by atoms with Gasteiger partial charge in [-0.15, -0.1) is 0 Å². The van der Waals surface area contributed by atoms with E-state index in [2.05, 4.69) is 10.1 Å². The highest BCUT2D eigenvalue weighted by Gasteiger charge is 2.29. The van der Waals surface area contributed by atoms with Gasteiger partial charge in [-0.1, -0.05) is 0 Å². The molecule has 1 saturated heterocycles. The van der Waals surface area contributed by atoms with Crippen molar-refractivity contribution in [2.45, 2.75) is 51.7 Å². The lowest BCUT2D eigenvalue weighted by Crippen LogP contribution is -2.44. The summed E-state index contributed by atoms with van der Waals surface area (Å²) < 4.78 is 15.0. The van der Waals surface area contributed by atoms with E-state index in [1.54, 1.807) is 20.8 Å². The summed E-state index contributed by atoms with van der Waals surface area (Å²) in [6.07, 6.45) is 0.797. The zero-order valence-electron chi connectivity index (χ0n) is 13.6. The zero-order valence-corrected chi connectivity index (χ0v) is 13.6. The third-order valence-electron chi connectivity index (χ3n) is 3.16. The zero-order chi connectivity index (χ0) is 16.8. The predicted molar refractivity (Wildman–Crippen MR) is 78.0 cm³/mol. The topological polar surface area (TPSA) is 90.9 Å². The molecule has 1 fully saturated rings. The maximum Gasteiger partial charge on any atom is 0.328 e. The van der Waals surface area contributed by atoms with Gasteiger partial charge in [0, 0.05) is 13.0 Å². The lowest BCUT2D eigenvalue weighted by molar-refractivity contribution is -0.155. The average molecular weight is 315 g/mol. The van der Waals surface area contributed by atoms with Gasteiger partial charge in [-0.05, 0) is 33.6 Å². The molecule has 0 saturated carbocycles. The number of esters is 2. The van der Waals surface area contributed by atoms with Crippen LogP contribution in [-0.4, -0.2) is 49.8 Å². The van der Waals surface area contributed by atoms with Gasteiger partial charge in [0.25, 0.3) is 0 Å². The van der Waals surface area contributed by atoms with E-state index in [-0.39, 0.29) is 24.7 Å². The standard InChI is InChI=1S/C15H25NO6/c1-15(2,3)22-12(17)6-5-11(14(19)20-4)16-13(18)10-7-8-21-9-10/h10-11H,5-9H2,1-4H3,(H,16,18)/t10-,11-/m0/s1. The van der Waals surface area contributed by atoms with Crippen molar-refractivity contribution in [1.82, 2.24) is 5.32 Å². The molecule has 126 valence electrons. The van der Waals surface area contributed by atoms with Crippen molar-refractivity contribution in [2.24, 2.45) is 5.92 Å². The molecule has 7 heteroatoms. The van der Waals surface area contributed by atoms with Crippen molar-refractivity contribution in [1.29, 1.82) is 0 Å². The SMILES string of the molecule is COC(=O)[C@H](CCC(=O)OC(C)(C)C)NC(=O)[C@H]1CCOC1. The Labute approximate surface area is 130 Å². The van der Waals surface area contributed by atoms with Crippen LogP contribution in [0.1, 0.15) is 40.0 Å². The molecular formula is C15H25NO6. The Kier molecular flexibility index (Phi) is 6.80. The minimum Gasteiger partial charge on any atom is -0.467 e. The molecule has 1 heterocycles. The number of carbonyl (C=O) groups is 3. The van der Waals surface area contributed by atoms with E-state index in [4.69, 9.17) is 9.47 Å². The Morgan fingerprint density at radius 2 is 2.00 bits per heavy atom. The lowest BCUT2D eigenvalue weighted by Gasteiger charge is -2.21. The molecule has 2 atom stereocenters. The molecule has 0 aromatic carbocycles. The first kappa shape index (κ1) is 18.4. The van der Waals surface area contributed by atoms with Crippen molar-refractivity contribution in [3.05, 3.63) is 0 Å². The Morgan fingerprint density at radius 1 is 1.32 bits per heavy atom. The molecule has 0 bridgehead atoms. The molecule has 0 radical (unpaired) electrons. The van der Waals surface area contributed by atoms with Crippen LogP contribution in [0.25, 0.3) is 0 Å². The van der Waals surface area contributed by atoms with Crippen LogP contribution < -0.4 is 5.32 Å². The second-order valence-electron chi connectivity index (χ2n) is 6.27. The van der Waals surface area contributed by atoms with E-state index in [1.807, 2.05) is 0 Å². The van der Waals surface area contributed by atoms with Crippen molar-refractivity contribution in [3.8, 4) is 0 Å². The van der Waals surface area contributed by atoms with Gasteiger partial charge in [0.05, 0.1) is 19.6 Å². The fourth-order valence-electron chi connectivity index (χ4n) is 2.08. The minimum absolute atomic E-state index is 0.0263. The van der Waals surface area contributed by atoms with Crippen LogP contribution in [0.2, 0.25) is 0 Å². The smallest absolute Gasteiger partial charge is 0.328 e. The number of nitrogens with one attached hydrogen (secondary N) is 1. The van der Waals surface area contributed by atoms with Crippen molar-refractivity contribution >= 4 is 17.8 Å². The molecule has 1 N–H and O–H groups in total. The molecule has 0 aromatic rings. The molecule has 1 rings (SSSR count). The van der Waals surface area contributed by atoms with Crippen molar-refractivity contribution in [2.75, 3.05) is 20.3 Å². The molecule has 0 spiro atoms. The molecule has 0 aliphatic carbocycles. The van der Waals surface area contributed by atoms with Gasteiger partial charge in [0.2, 0.25) is 5.91 Å². The van der Waals surface area contributed by atoms with Crippen LogP contribution >= 0.6 is 0 Å². The summed E-state index contributed by atoms with van der Waals surface area (Å²) in [6, 6.07) is -0.856. The van der Waals surface area contributed by atoms with Crippen LogP contribution in [0, 0.1) is 5.92 Å². The third-order valence-corrected chi connectivity index (χ3v) is 3.16. The molecule has 1 amide bonds. The molecular weight excluding hydrogens is 290 g/mol. The maximum atomic E-state index is 12.0. The first-order chi connectivity index (χ1) is 10.2. The van der Waals surface area contributed by atoms with Crippen LogP contribution in [0.15, 0.2) is 0 Å². The average Bonchev–Trinajstić information content (AvgIpc) is 2.94. The Hall–Kier alpha value is -1.63. The number of rotatable bonds is 6. The molecule has 1 aliphatic heterocycles. The summed E-state index contributed by atoms with van der Waals surface area (Å²) in [5.74, 6) is -1.50. The second kappa shape index (κ2) is 8.12. The molecule has 22 heavy (non-hydrogen) atoms. The Balaban J connectivity index is 2.52. The summed E-state index contributed by atoms with van der Waals surface area (Å²) in [5.41, 5.74) is -0.581. The van der Waals surface area contributed by atoms with E-state index in [1.165, 1.54) is 7.11 Å². The fraction of sp³-hybridized carbons (Fsp3) is 0.800. The fourth-order valence-corrected chi connectivity index (χ4v) is 2.08. The molecule has 0 unspecified atom stereocenters. The van der Waals surface area contributed by atoms with Crippen molar-refractivity contribution < 1.29 is 28.6 Å². The number of hydrogen-bond acceptors (Lipinski definition) is 6. The summed E-state index contributed by atoms with van der Waals surface area (Å²) in [4.78, 5) is 35.5. The highest BCUT2D eigenvalue weighted by molar-refractivity contribution is 5.86. The first-order valence-electron chi connectivity index (χ1n) is 7.40. The minimum atomic E-state index is -0.856. The van der Waals surface area contributed by atoms with E-state index < -0.39 is 23.6 Å². The van der Waals surface area contributed by atoms with Gasteiger partial charge in [-0.2, -0.15) is 0 Å². The third kappa shape index (κ3) is 6.43. The van der Waals surface area contributed by atoms with E-state index >= 15 is 0 Å². The van der Waals surface area contributed by atoms with E-state index in [0.717, 1.165) is 0 Å². The van der Waals surface area contributed by atoms with Crippen LogP contribution in [0.3, 0.4) is 0 Å². The van der Waals surface area contributed by atoms with Gasteiger partial charge < -0.3 is 19.5 Å². The first-order valence-corrected chi connectivity index (χ1v) is 7.40. The number of methoxy groups -OCH3 is 1. The summed E-state index contributed by atoms with van der Waals surface area (Å²) >= 11 is 0. The van der Waals surface area contributed by atoms with Crippen LogP contribution in [-0.2, 0) is 28.6 Å². The van der Waals surface area contributed by atoms with E-state index in [9.17, 15) is 14.4 Å². The largest absolute Gasteiger partial charge is 0.467 e. The number of carbonyl (C=O) groups excluding carboxylic acids is 3. The second-order valence-corrected chi connectivity index (χ2v) is 6.27. The summed E-state index contributed by atoms with van der Waals surface area (Å²) in [6.45, 7) is 6.20. The van der Waals surface area contributed by atoms with Crippen LogP contribution in [0.5, 0.6) is 0 Å². The number of ether oxygens (including phenoxy) is 3. The lowest BCUT2D eigenvalue weighted by atomic mass is 10.1. The maximum absolute atomic E-state index is 12.0. The molecule has 0 aromatic heterocycles. The highest BCUT2D eigenvalue weighted by Crippen LogP contribution is 2.14. The number of hydrogen-bond donors (Lipinski definition) is 1. The van der Waals surface area contributed by atoms with Gasteiger partial charge >= 0.3 is 11.9 Å². The Bertz CT molecular complexity index is 409. The van der Waals surface area contributed by atoms with Gasteiger partial charge in [0.15, 0.2) is 0 Å². The molecule has 1 aliphatic rings. The van der Waals surface area contributed by atoms with Crippen molar-refractivity contribution in [3.63, 3.8) is 0 Å². The van der Waals surface area contributed by atoms with Gasteiger partial charge in [-0.3, -0.25) is 9.59 Å². The quantitative estimate of drug-likeness (QED) is 0.729. The predicted octanol–water partition coefficient (Wildman–Crippen LogP) is 0.803. The van der Waals surface area contributed by atoms with Gasteiger partial charge in [-0.25, -0.2) is 4.79 Å². The summed E-state index contributed by atoms with van der Waals surface area (Å²) in [7, 11) is 1.24. The summed E-state index contributed by atoms with van der Waals surface area (Å²) in [5, 5.41) is 2.63. The van der Waals surface area contributed by atoms with E-state index in [0.29, 0.717) is 19.6 Å². The van der Waals surface area contributed by atoms with Crippen LogP contribution in [0.4, 0.5) is 0 Å². The molecule has 7 nitrogen and oxygen atoms in total. The normalized spacial score (nSPS) is 19.4. The van der Waals surface area contributed by atoms with Gasteiger partial charge in [0.1, 0.15) is 11.6 Å². The monoisotopic (exact) mass is 315 g/mol. The highest BCUT2D eigenvalue weighted by atomic mass is 16.6. The Morgan fingerprint density at radius 3 is 2.50 bits per heavy atom. The number of amides is 1.